The third kappa shape index (κ3) is 3.61. The minimum Gasteiger partial charge on any atom is -0.486 e. The van der Waals surface area contributed by atoms with Crippen LogP contribution in [0.25, 0.3) is 0 Å². The number of hydrogen-bond acceptors (Lipinski definition) is 4. The van der Waals surface area contributed by atoms with E-state index < -0.39 is 0 Å². The van der Waals surface area contributed by atoms with Crippen molar-refractivity contribution >= 4 is 0 Å². The molecule has 2 rings (SSSR count). The zero-order valence-corrected chi connectivity index (χ0v) is 11.9. The first kappa shape index (κ1) is 14.2. The summed E-state index contributed by atoms with van der Waals surface area (Å²) in [5.41, 5.74) is 1.06. The van der Waals surface area contributed by atoms with Gasteiger partial charge >= 0.3 is 0 Å². The summed E-state index contributed by atoms with van der Waals surface area (Å²) in [6.07, 6.45) is 0. The lowest BCUT2D eigenvalue weighted by Gasteiger charge is -2.26. The molecule has 4 nitrogen and oxygen atoms in total. The van der Waals surface area contributed by atoms with Crippen LogP contribution in [0.4, 0.5) is 0 Å². The van der Waals surface area contributed by atoms with E-state index >= 15 is 0 Å². The molecule has 1 aliphatic rings. The maximum atomic E-state index is 9.26. The zero-order chi connectivity index (χ0) is 13.9. The molecule has 0 aliphatic carbocycles. The zero-order valence-electron chi connectivity index (χ0n) is 11.9. The third-order valence-corrected chi connectivity index (χ3v) is 3.38. The number of rotatable bonds is 5. The number of ether oxygens (including phenoxy) is 2. The molecule has 0 amide bonds. The van der Waals surface area contributed by atoms with Gasteiger partial charge in [0.15, 0.2) is 11.5 Å². The smallest absolute Gasteiger partial charge is 0.161 e. The van der Waals surface area contributed by atoms with E-state index in [1.807, 2.05) is 26.0 Å². The summed E-state index contributed by atoms with van der Waals surface area (Å²) < 4.78 is 11.1. The molecule has 0 saturated carbocycles. The van der Waals surface area contributed by atoms with Crippen LogP contribution in [-0.4, -0.2) is 31.5 Å². The quantitative estimate of drug-likeness (QED) is 0.856. The first-order valence-electron chi connectivity index (χ1n) is 6.76. The van der Waals surface area contributed by atoms with E-state index in [0.29, 0.717) is 13.2 Å². The van der Waals surface area contributed by atoms with Crippen LogP contribution in [-0.2, 0) is 0 Å². The van der Waals surface area contributed by atoms with Crippen molar-refractivity contribution in [1.29, 1.82) is 0 Å². The molecule has 0 saturated heterocycles. The Kier molecular flexibility index (Phi) is 4.32. The van der Waals surface area contributed by atoms with Crippen LogP contribution in [0.15, 0.2) is 18.2 Å². The van der Waals surface area contributed by atoms with Crippen molar-refractivity contribution in [2.75, 3.05) is 26.4 Å². The fourth-order valence-electron chi connectivity index (χ4n) is 1.93. The number of nitrogens with one attached hydrogen (secondary N) is 1. The van der Waals surface area contributed by atoms with Crippen molar-refractivity contribution in [3.05, 3.63) is 23.8 Å². The Bertz CT molecular complexity index is 431. The van der Waals surface area contributed by atoms with Gasteiger partial charge in [0.25, 0.3) is 0 Å². The van der Waals surface area contributed by atoms with Crippen LogP contribution in [0.1, 0.15) is 32.4 Å². The van der Waals surface area contributed by atoms with Crippen LogP contribution in [0.2, 0.25) is 0 Å². The number of aliphatic hydroxyl groups is 1. The molecular weight excluding hydrogens is 242 g/mol. The summed E-state index contributed by atoms with van der Waals surface area (Å²) >= 11 is 0. The molecule has 0 radical (unpaired) electrons. The average molecular weight is 265 g/mol. The molecule has 1 aromatic rings. The Hall–Kier alpha value is -1.26. The predicted octanol–water partition coefficient (Wildman–Crippen LogP) is 2.13. The van der Waals surface area contributed by atoms with Crippen LogP contribution in [0.3, 0.4) is 0 Å². The molecule has 4 heteroatoms. The maximum Gasteiger partial charge on any atom is 0.161 e. The van der Waals surface area contributed by atoms with Crippen molar-refractivity contribution in [1.82, 2.24) is 5.32 Å². The van der Waals surface area contributed by atoms with Gasteiger partial charge in [0, 0.05) is 24.6 Å². The summed E-state index contributed by atoms with van der Waals surface area (Å²) in [5, 5.41) is 12.7. The SMILES string of the molecule is CC(NCC(C)(C)CO)c1ccc2c(c1)OCCO2. The average Bonchev–Trinajstić information content (AvgIpc) is 2.44. The highest BCUT2D eigenvalue weighted by atomic mass is 16.6. The van der Waals surface area contributed by atoms with Gasteiger partial charge in [0.1, 0.15) is 13.2 Å². The summed E-state index contributed by atoms with van der Waals surface area (Å²) in [6, 6.07) is 6.25. The molecule has 19 heavy (non-hydrogen) atoms. The van der Waals surface area contributed by atoms with Gasteiger partial charge in [-0.3, -0.25) is 0 Å². The highest BCUT2D eigenvalue weighted by molar-refractivity contribution is 5.44. The van der Waals surface area contributed by atoms with Crippen molar-refractivity contribution < 1.29 is 14.6 Å². The first-order valence-corrected chi connectivity index (χ1v) is 6.76. The molecule has 1 unspecified atom stereocenters. The van der Waals surface area contributed by atoms with Gasteiger partial charge in [0.05, 0.1) is 0 Å². The molecule has 1 heterocycles. The van der Waals surface area contributed by atoms with Crippen LogP contribution in [0, 0.1) is 5.41 Å². The lowest BCUT2D eigenvalue weighted by atomic mass is 9.94. The largest absolute Gasteiger partial charge is 0.486 e. The minimum atomic E-state index is -0.109. The fourth-order valence-corrected chi connectivity index (χ4v) is 1.93. The second-order valence-corrected chi connectivity index (χ2v) is 5.83. The predicted molar refractivity (Wildman–Crippen MR) is 74.7 cm³/mol. The van der Waals surface area contributed by atoms with Gasteiger partial charge in [-0.05, 0) is 24.6 Å². The van der Waals surface area contributed by atoms with E-state index in [0.717, 1.165) is 23.6 Å². The third-order valence-electron chi connectivity index (χ3n) is 3.38. The molecule has 1 aliphatic heterocycles. The first-order chi connectivity index (χ1) is 9.02. The van der Waals surface area contributed by atoms with Crippen LogP contribution < -0.4 is 14.8 Å². The van der Waals surface area contributed by atoms with Crippen molar-refractivity contribution in [2.24, 2.45) is 5.41 Å². The Morgan fingerprint density at radius 2 is 1.95 bits per heavy atom. The van der Waals surface area contributed by atoms with Gasteiger partial charge in [-0.1, -0.05) is 19.9 Å². The molecule has 2 N–H and O–H groups in total. The number of fused-ring (bicyclic) bond motifs is 1. The Labute approximate surface area is 114 Å². The standard InChI is InChI=1S/C15H23NO3/c1-11(16-9-15(2,3)10-17)12-4-5-13-14(8-12)19-7-6-18-13/h4-5,8,11,16-17H,6-7,9-10H2,1-3H3. The van der Waals surface area contributed by atoms with E-state index in [2.05, 4.69) is 18.3 Å². The maximum absolute atomic E-state index is 9.26. The monoisotopic (exact) mass is 265 g/mol. The lowest BCUT2D eigenvalue weighted by molar-refractivity contribution is 0.153. The highest BCUT2D eigenvalue weighted by Crippen LogP contribution is 2.32. The van der Waals surface area contributed by atoms with Gasteiger partial charge in [-0.15, -0.1) is 0 Å². The van der Waals surface area contributed by atoms with E-state index in [1.54, 1.807) is 0 Å². The van der Waals surface area contributed by atoms with Gasteiger partial charge in [0.2, 0.25) is 0 Å². The van der Waals surface area contributed by atoms with E-state index in [-0.39, 0.29) is 18.1 Å². The van der Waals surface area contributed by atoms with Crippen molar-refractivity contribution in [2.45, 2.75) is 26.8 Å². The minimum absolute atomic E-state index is 0.109. The Morgan fingerprint density at radius 3 is 2.63 bits per heavy atom. The summed E-state index contributed by atoms with van der Waals surface area (Å²) in [5.74, 6) is 1.64. The number of aliphatic hydroxyl groups excluding tert-OH is 1. The molecule has 0 bridgehead atoms. The topological polar surface area (TPSA) is 50.7 Å². The summed E-state index contributed by atoms with van der Waals surface area (Å²) in [7, 11) is 0. The molecule has 0 spiro atoms. The molecule has 1 atom stereocenters. The lowest BCUT2D eigenvalue weighted by Crippen LogP contribution is -2.33. The van der Waals surface area contributed by atoms with Crippen molar-refractivity contribution in [3.8, 4) is 11.5 Å². The fraction of sp³-hybridized carbons (Fsp3) is 0.600. The normalized spacial score (nSPS) is 16.2. The second-order valence-electron chi connectivity index (χ2n) is 5.83. The van der Waals surface area contributed by atoms with Gasteiger partial charge in [-0.2, -0.15) is 0 Å². The van der Waals surface area contributed by atoms with Gasteiger partial charge in [-0.25, -0.2) is 0 Å². The molecule has 1 aromatic carbocycles. The Morgan fingerprint density at radius 1 is 1.26 bits per heavy atom. The molecule has 0 aromatic heterocycles. The second kappa shape index (κ2) is 5.80. The van der Waals surface area contributed by atoms with E-state index in [1.165, 1.54) is 0 Å². The van der Waals surface area contributed by atoms with Crippen molar-refractivity contribution in [3.63, 3.8) is 0 Å². The number of hydrogen-bond donors (Lipinski definition) is 2. The molecular formula is C15H23NO3. The van der Waals surface area contributed by atoms with E-state index in [4.69, 9.17) is 9.47 Å². The number of benzene rings is 1. The highest BCUT2D eigenvalue weighted by Gasteiger charge is 2.19. The van der Waals surface area contributed by atoms with Crippen LogP contribution in [0.5, 0.6) is 11.5 Å². The van der Waals surface area contributed by atoms with Crippen LogP contribution >= 0.6 is 0 Å². The molecule has 106 valence electrons. The summed E-state index contributed by atoms with van der Waals surface area (Å²) in [4.78, 5) is 0. The van der Waals surface area contributed by atoms with Gasteiger partial charge < -0.3 is 19.9 Å². The Balaban J connectivity index is 2.01. The van der Waals surface area contributed by atoms with E-state index in [9.17, 15) is 5.11 Å². The molecule has 0 fully saturated rings. The summed E-state index contributed by atoms with van der Waals surface area (Å²) in [6.45, 7) is 8.35.